The lowest BCUT2D eigenvalue weighted by Crippen LogP contribution is -2.31. The van der Waals surface area contributed by atoms with Gasteiger partial charge in [0.25, 0.3) is 0 Å². The lowest BCUT2D eigenvalue weighted by Gasteiger charge is -2.38. The molecule has 3 aromatic heterocycles. The van der Waals surface area contributed by atoms with Crippen molar-refractivity contribution in [1.29, 1.82) is 0 Å². The van der Waals surface area contributed by atoms with Crippen LogP contribution in [0.1, 0.15) is 22.3 Å². The number of rotatable bonds is 6. The molecule has 0 amide bonds. The predicted octanol–water partition coefficient (Wildman–Crippen LogP) is 17.9. The van der Waals surface area contributed by atoms with Crippen molar-refractivity contribution in [2.45, 2.75) is 5.41 Å². The van der Waals surface area contributed by atoms with Gasteiger partial charge in [0.15, 0.2) is 0 Å². The van der Waals surface area contributed by atoms with Gasteiger partial charge in [0.05, 0.1) is 27.5 Å². The van der Waals surface area contributed by atoms with Crippen molar-refractivity contribution in [1.82, 2.24) is 9.13 Å². The SMILES string of the molecule is c1ccc(-n2c3ccccc3c3cc(-c4ccc5c6c4sc4c(-c7ccc8c(c7)c7ccccc7n8-c7ccccc7)ccc(c46)C(c4ccccc4)(c4ccccc4)c4ccccc4-5)ccc32)cc1. The summed E-state index contributed by atoms with van der Waals surface area (Å²) in [6, 6.07) is 94.9. The molecule has 0 atom stereocenters. The van der Waals surface area contributed by atoms with E-state index in [4.69, 9.17) is 0 Å². The van der Waals surface area contributed by atoms with Crippen LogP contribution in [0.15, 0.2) is 255 Å². The molecule has 0 fully saturated rings. The first-order chi connectivity index (χ1) is 34.8. The van der Waals surface area contributed by atoms with E-state index in [0.29, 0.717) is 0 Å². The van der Waals surface area contributed by atoms with Gasteiger partial charge in [-0.1, -0.05) is 194 Å². The van der Waals surface area contributed by atoms with Gasteiger partial charge in [-0.05, 0) is 116 Å². The summed E-state index contributed by atoms with van der Waals surface area (Å²) in [4.78, 5) is 0. The summed E-state index contributed by atoms with van der Waals surface area (Å²) in [5, 5.41) is 7.65. The first-order valence-electron chi connectivity index (χ1n) is 24.2. The number of hydrogen-bond donors (Lipinski definition) is 0. The Hall–Kier alpha value is -8.76. The maximum Gasteiger partial charge on any atom is 0.0714 e. The monoisotopic (exact) mass is 906 g/mol. The van der Waals surface area contributed by atoms with Crippen LogP contribution >= 0.6 is 11.3 Å². The first kappa shape index (κ1) is 39.3. The summed E-state index contributed by atoms with van der Waals surface area (Å²) in [7, 11) is 0. The van der Waals surface area contributed by atoms with Crippen molar-refractivity contribution in [2.75, 3.05) is 0 Å². The van der Waals surface area contributed by atoms with Crippen LogP contribution in [0.25, 0.3) is 109 Å². The maximum atomic E-state index is 2.48. The van der Waals surface area contributed by atoms with Crippen LogP contribution in [0.2, 0.25) is 0 Å². The van der Waals surface area contributed by atoms with Crippen LogP contribution in [0.3, 0.4) is 0 Å². The highest BCUT2D eigenvalue weighted by Crippen LogP contribution is 2.59. The normalized spacial score (nSPS) is 13.0. The molecule has 70 heavy (non-hydrogen) atoms. The van der Waals surface area contributed by atoms with Crippen LogP contribution < -0.4 is 0 Å². The molecule has 0 aliphatic heterocycles. The molecule has 14 aromatic rings. The zero-order valence-electron chi connectivity index (χ0n) is 38.1. The Morgan fingerprint density at radius 2 is 0.714 bits per heavy atom. The number of para-hydroxylation sites is 4. The van der Waals surface area contributed by atoms with Crippen LogP contribution in [0.5, 0.6) is 0 Å². The Morgan fingerprint density at radius 3 is 1.27 bits per heavy atom. The summed E-state index contributed by atoms with van der Waals surface area (Å²) in [6.07, 6.45) is 0. The van der Waals surface area contributed by atoms with Crippen molar-refractivity contribution in [3.05, 3.63) is 277 Å². The molecule has 11 aromatic carbocycles. The maximum absolute atomic E-state index is 2.48. The highest BCUT2D eigenvalue weighted by molar-refractivity contribution is 7.27. The largest absolute Gasteiger partial charge is 0.309 e. The van der Waals surface area contributed by atoms with E-state index < -0.39 is 5.41 Å². The molecule has 0 saturated carbocycles. The summed E-state index contributed by atoms with van der Waals surface area (Å²) in [5.74, 6) is 0. The molecule has 0 unspecified atom stereocenters. The minimum absolute atomic E-state index is 0.617. The second kappa shape index (κ2) is 15.1. The molecule has 3 heteroatoms. The third-order valence-electron chi connectivity index (χ3n) is 15.2. The third kappa shape index (κ3) is 5.44. The molecular formula is C67H42N2S. The lowest BCUT2D eigenvalue weighted by molar-refractivity contribution is 0.756. The average molecular weight is 907 g/mol. The molecule has 0 N–H and O–H groups in total. The number of hydrogen-bond acceptors (Lipinski definition) is 1. The van der Waals surface area contributed by atoms with Gasteiger partial charge in [0.1, 0.15) is 0 Å². The zero-order valence-corrected chi connectivity index (χ0v) is 38.9. The standard InChI is InChI=1S/C67H42N2S/c1-5-19-45(20-6-1)67(46-21-7-2-8-22-46)57-30-16-13-27-51(57)54-36-35-49(43-33-39-61-55(41-43)52-28-14-17-31-59(52)68(61)47-23-9-3-10-24-47)65-63(54)64-58(67)38-37-50(66(64)70-65)44-34-40-62-56(42-44)53-29-15-18-32-60(53)69(62)48-25-11-4-12-26-48/h1-42H. The number of thiophene rings is 1. The molecule has 1 aliphatic rings. The van der Waals surface area contributed by atoms with Gasteiger partial charge >= 0.3 is 0 Å². The molecule has 0 saturated heterocycles. The van der Waals surface area contributed by atoms with Gasteiger partial charge in [0.2, 0.25) is 0 Å². The summed E-state index contributed by atoms with van der Waals surface area (Å²) >= 11 is 1.96. The van der Waals surface area contributed by atoms with E-state index in [1.165, 1.54) is 119 Å². The van der Waals surface area contributed by atoms with Crippen LogP contribution in [0.4, 0.5) is 0 Å². The topological polar surface area (TPSA) is 9.86 Å². The summed E-state index contributed by atoms with van der Waals surface area (Å²) in [5.41, 5.74) is 19.1. The van der Waals surface area contributed by atoms with Gasteiger partial charge < -0.3 is 9.13 Å². The second-order valence-corrected chi connectivity index (χ2v) is 19.7. The first-order valence-corrected chi connectivity index (χ1v) is 25.0. The van der Waals surface area contributed by atoms with E-state index >= 15 is 0 Å². The quantitative estimate of drug-likeness (QED) is 0.157. The molecule has 0 bridgehead atoms. The van der Waals surface area contributed by atoms with Crippen molar-refractivity contribution < 1.29 is 0 Å². The smallest absolute Gasteiger partial charge is 0.0714 e. The third-order valence-corrected chi connectivity index (χ3v) is 16.5. The minimum atomic E-state index is -0.617. The zero-order chi connectivity index (χ0) is 45.9. The molecule has 3 heterocycles. The van der Waals surface area contributed by atoms with Gasteiger partial charge in [-0.15, -0.1) is 11.3 Å². The van der Waals surface area contributed by atoms with Crippen molar-refractivity contribution >= 4 is 75.1 Å². The molecule has 1 aliphatic carbocycles. The van der Waals surface area contributed by atoms with Gasteiger partial charge in [0, 0.05) is 53.1 Å². The molecule has 15 rings (SSSR count). The molecule has 326 valence electrons. The van der Waals surface area contributed by atoms with Crippen molar-refractivity contribution in [3.8, 4) is 44.8 Å². The molecular weight excluding hydrogens is 865 g/mol. The Morgan fingerprint density at radius 1 is 0.286 bits per heavy atom. The summed E-state index contributed by atoms with van der Waals surface area (Å²) < 4.78 is 7.43. The van der Waals surface area contributed by atoms with E-state index in [-0.39, 0.29) is 0 Å². The lowest BCUT2D eigenvalue weighted by atomic mass is 9.63. The van der Waals surface area contributed by atoms with Gasteiger partial charge in [-0.3, -0.25) is 0 Å². The van der Waals surface area contributed by atoms with E-state index in [9.17, 15) is 0 Å². The van der Waals surface area contributed by atoms with Crippen LogP contribution in [-0.4, -0.2) is 9.13 Å². The number of benzene rings is 11. The number of nitrogens with zero attached hydrogens (tertiary/aromatic N) is 2. The fraction of sp³-hybridized carbons (Fsp3) is 0.0149. The summed E-state index contributed by atoms with van der Waals surface area (Å²) in [6.45, 7) is 0. The fourth-order valence-electron chi connectivity index (χ4n) is 12.3. The number of aromatic nitrogens is 2. The molecule has 0 radical (unpaired) electrons. The Kier molecular flexibility index (Phi) is 8.48. The van der Waals surface area contributed by atoms with E-state index in [1.807, 2.05) is 11.3 Å². The number of fused-ring (bicyclic) bond motifs is 8. The Balaban J connectivity index is 1.07. The Labute approximate surface area is 409 Å². The fourth-order valence-corrected chi connectivity index (χ4v) is 13.7. The highest BCUT2D eigenvalue weighted by atomic mass is 32.1. The van der Waals surface area contributed by atoms with E-state index in [1.54, 1.807) is 0 Å². The van der Waals surface area contributed by atoms with Crippen molar-refractivity contribution in [3.63, 3.8) is 0 Å². The molecule has 2 nitrogen and oxygen atoms in total. The minimum Gasteiger partial charge on any atom is -0.309 e. The van der Waals surface area contributed by atoms with E-state index in [2.05, 4.69) is 264 Å². The van der Waals surface area contributed by atoms with Gasteiger partial charge in [-0.25, -0.2) is 0 Å². The predicted molar refractivity (Wildman–Crippen MR) is 296 cm³/mol. The average Bonchev–Trinajstić information content (AvgIpc) is 4.09. The van der Waals surface area contributed by atoms with Crippen LogP contribution in [-0.2, 0) is 5.41 Å². The highest BCUT2D eigenvalue weighted by Gasteiger charge is 2.44. The van der Waals surface area contributed by atoms with E-state index in [0.717, 1.165) is 11.4 Å². The molecule has 0 spiro atoms. The second-order valence-electron chi connectivity index (χ2n) is 18.7. The van der Waals surface area contributed by atoms with Gasteiger partial charge in [-0.2, -0.15) is 0 Å². The Bertz CT molecular complexity index is 4350. The van der Waals surface area contributed by atoms with Crippen molar-refractivity contribution in [2.24, 2.45) is 0 Å². The van der Waals surface area contributed by atoms with Crippen LogP contribution in [0, 0.1) is 0 Å².